The number of benzene rings is 2. The number of carbonyl (C=O) groups is 2. The van der Waals surface area contributed by atoms with Gasteiger partial charge in [-0.05, 0) is 30.2 Å². The molecule has 2 amide bonds. The SMILES string of the molecule is CCNC(=O)[C@H](c1ccccc1)N(Cc1ccc(Cl)cc1)C(C)=O. The van der Waals surface area contributed by atoms with Gasteiger partial charge in [0.1, 0.15) is 6.04 Å². The van der Waals surface area contributed by atoms with E-state index >= 15 is 0 Å². The maximum Gasteiger partial charge on any atom is 0.247 e. The third-order valence-electron chi connectivity index (χ3n) is 3.70. The average molecular weight is 345 g/mol. The molecule has 0 saturated carbocycles. The first-order valence-electron chi connectivity index (χ1n) is 7.87. The van der Waals surface area contributed by atoms with Crippen molar-refractivity contribution in [2.45, 2.75) is 26.4 Å². The van der Waals surface area contributed by atoms with E-state index in [0.29, 0.717) is 18.1 Å². The Morgan fingerprint density at radius 3 is 2.25 bits per heavy atom. The molecule has 24 heavy (non-hydrogen) atoms. The first kappa shape index (κ1) is 18.0. The predicted molar refractivity (Wildman–Crippen MR) is 95.5 cm³/mol. The van der Waals surface area contributed by atoms with Gasteiger partial charge < -0.3 is 10.2 Å². The lowest BCUT2D eigenvalue weighted by Gasteiger charge is -2.30. The number of amides is 2. The number of hydrogen-bond acceptors (Lipinski definition) is 2. The molecule has 1 N–H and O–H groups in total. The van der Waals surface area contributed by atoms with Crippen LogP contribution in [0, 0.1) is 0 Å². The average Bonchev–Trinajstić information content (AvgIpc) is 2.57. The summed E-state index contributed by atoms with van der Waals surface area (Å²) in [6.07, 6.45) is 0. The van der Waals surface area contributed by atoms with Crippen molar-refractivity contribution in [2.24, 2.45) is 0 Å². The molecule has 2 rings (SSSR count). The Bertz CT molecular complexity index is 686. The van der Waals surface area contributed by atoms with Gasteiger partial charge in [-0.1, -0.05) is 54.1 Å². The Kier molecular flexibility index (Phi) is 6.38. The van der Waals surface area contributed by atoms with Gasteiger partial charge in [0.2, 0.25) is 11.8 Å². The van der Waals surface area contributed by atoms with Gasteiger partial charge in [-0.2, -0.15) is 0 Å². The molecule has 2 aromatic carbocycles. The van der Waals surface area contributed by atoms with Crippen LogP contribution in [0.2, 0.25) is 5.02 Å². The molecule has 2 aromatic rings. The van der Waals surface area contributed by atoms with Crippen LogP contribution in [0.15, 0.2) is 54.6 Å². The smallest absolute Gasteiger partial charge is 0.247 e. The van der Waals surface area contributed by atoms with E-state index in [1.54, 1.807) is 17.0 Å². The standard InChI is InChI=1S/C19H21ClN2O2/c1-3-21-19(24)18(16-7-5-4-6-8-16)22(14(2)23)13-15-9-11-17(20)12-10-15/h4-12,18H,3,13H2,1-2H3,(H,21,24)/t18-/m0/s1. The molecule has 0 spiro atoms. The van der Waals surface area contributed by atoms with Crippen LogP contribution >= 0.6 is 11.6 Å². The third-order valence-corrected chi connectivity index (χ3v) is 3.95. The van der Waals surface area contributed by atoms with E-state index in [1.807, 2.05) is 49.4 Å². The molecule has 0 aliphatic rings. The van der Waals surface area contributed by atoms with Gasteiger partial charge in [-0.15, -0.1) is 0 Å². The van der Waals surface area contributed by atoms with Crippen molar-refractivity contribution in [3.63, 3.8) is 0 Å². The summed E-state index contributed by atoms with van der Waals surface area (Å²) in [7, 11) is 0. The number of likely N-dealkylation sites (N-methyl/N-ethyl adjacent to an activating group) is 1. The molecule has 0 heterocycles. The van der Waals surface area contributed by atoms with Crippen LogP contribution in [0.4, 0.5) is 0 Å². The van der Waals surface area contributed by atoms with E-state index in [2.05, 4.69) is 5.32 Å². The number of hydrogen-bond donors (Lipinski definition) is 1. The summed E-state index contributed by atoms with van der Waals surface area (Å²) < 4.78 is 0. The van der Waals surface area contributed by atoms with Crippen LogP contribution in [0.5, 0.6) is 0 Å². The molecule has 0 aromatic heterocycles. The van der Waals surface area contributed by atoms with Gasteiger partial charge in [0.05, 0.1) is 0 Å². The van der Waals surface area contributed by atoms with Crippen molar-refractivity contribution in [2.75, 3.05) is 6.54 Å². The van der Waals surface area contributed by atoms with Crippen LogP contribution in [0.3, 0.4) is 0 Å². The molecule has 4 nitrogen and oxygen atoms in total. The van der Waals surface area contributed by atoms with E-state index in [9.17, 15) is 9.59 Å². The first-order valence-corrected chi connectivity index (χ1v) is 8.25. The number of halogens is 1. The lowest BCUT2D eigenvalue weighted by Crippen LogP contribution is -2.42. The second-order valence-electron chi connectivity index (χ2n) is 5.48. The fourth-order valence-corrected chi connectivity index (χ4v) is 2.68. The fourth-order valence-electron chi connectivity index (χ4n) is 2.55. The first-order chi connectivity index (χ1) is 11.5. The van der Waals surface area contributed by atoms with Crippen molar-refractivity contribution in [1.29, 1.82) is 0 Å². The molecule has 5 heteroatoms. The number of carbonyl (C=O) groups excluding carboxylic acids is 2. The number of nitrogens with zero attached hydrogens (tertiary/aromatic N) is 1. The zero-order valence-corrected chi connectivity index (χ0v) is 14.6. The zero-order valence-electron chi connectivity index (χ0n) is 13.8. The molecule has 0 unspecified atom stereocenters. The molecule has 1 atom stereocenters. The van der Waals surface area contributed by atoms with Crippen LogP contribution in [0.1, 0.15) is 31.0 Å². The summed E-state index contributed by atoms with van der Waals surface area (Å²) in [5.41, 5.74) is 1.70. The number of rotatable bonds is 6. The molecule has 126 valence electrons. The van der Waals surface area contributed by atoms with Gasteiger partial charge >= 0.3 is 0 Å². The zero-order chi connectivity index (χ0) is 17.5. The minimum Gasteiger partial charge on any atom is -0.354 e. The normalized spacial score (nSPS) is 11.6. The van der Waals surface area contributed by atoms with E-state index < -0.39 is 6.04 Å². The highest BCUT2D eigenvalue weighted by Crippen LogP contribution is 2.24. The second-order valence-corrected chi connectivity index (χ2v) is 5.92. The Balaban J connectivity index is 2.36. The Hall–Kier alpha value is -2.33. The van der Waals surface area contributed by atoms with Gasteiger partial charge in [-0.3, -0.25) is 9.59 Å². The van der Waals surface area contributed by atoms with Crippen molar-refractivity contribution < 1.29 is 9.59 Å². The molecule has 0 aliphatic heterocycles. The van der Waals surface area contributed by atoms with Crippen molar-refractivity contribution in [1.82, 2.24) is 10.2 Å². The highest BCUT2D eigenvalue weighted by atomic mass is 35.5. The van der Waals surface area contributed by atoms with Crippen LogP contribution in [-0.2, 0) is 16.1 Å². The molecule has 0 fully saturated rings. The van der Waals surface area contributed by atoms with Gasteiger partial charge in [0, 0.05) is 25.0 Å². The van der Waals surface area contributed by atoms with Crippen molar-refractivity contribution in [3.05, 3.63) is 70.7 Å². The molecule has 0 bridgehead atoms. The van der Waals surface area contributed by atoms with Gasteiger partial charge in [-0.25, -0.2) is 0 Å². The van der Waals surface area contributed by atoms with Gasteiger partial charge in [0.15, 0.2) is 0 Å². The van der Waals surface area contributed by atoms with E-state index in [0.717, 1.165) is 11.1 Å². The minimum absolute atomic E-state index is 0.162. The predicted octanol–water partition coefficient (Wildman–Crippen LogP) is 3.57. The Labute approximate surface area is 147 Å². The maximum absolute atomic E-state index is 12.6. The highest BCUT2D eigenvalue weighted by molar-refractivity contribution is 6.30. The summed E-state index contributed by atoms with van der Waals surface area (Å²) in [5.74, 6) is -0.349. The molecule has 0 saturated heterocycles. The maximum atomic E-state index is 12.6. The van der Waals surface area contributed by atoms with E-state index in [-0.39, 0.29) is 11.8 Å². The fraction of sp³-hybridized carbons (Fsp3) is 0.263. The van der Waals surface area contributed by atoms with Crippen LogP contribution in [0.25, 0.3) is 0 Å². The summed E-state index contributed by atoms with van der Waals surface area (Å²) in [6, 6.07) is 15.9. The largest absolute Gasteiger partial charge is 0.354 e. The monoisotopic (exact) mass is 344 g/mol. The summed E-state index contributed by atoms with van der Waals surface area (Å²) in [4.78, 5) is 26.4. The lowest BCUT2D eigenvalue weighted by atomic mass is 10.0. The molecular weight excluding hydrogens is 324 g/mol. The van der Waals surface area contributed by atoms with Crippen molar-refractivity contribution >= 4 is 23.4 Å². The topological polar surface area (TPSA) is 49.4 Å². The Morgan fingerprint density at radius 1 is 1.08 bits per heavy atom. The quantitative estimate of drug-likeness (QED) is 0.871. The lowest BCUT2D eigenvalue weighted by molar-refractivity contribution is -0.140. The van der Waals surface area contributed by atoms with Crippen LogP contribution < -0.4 is 5.32 Å². The summed E-state index contributed by atoms with van der Waals surface area (Å²) in [6.45, 7) is 4.18. The van der Waals surface area contributed by atoms with Crippen LogP contribution in [-0.4, -0.2) is 23.3 Å². The summed E-state index contributed by atoms with van der Waals surface area (Å²) >= 11 is 5.92. The molecule has 0 aliphatic carbocycles. The van der Waals surface area contributed by atoms with E-state index in [1.165, 1.54) is 6.92 Å². The van der Waals surface area contributed by atoms with E-state index in [4.69, 9.17) is 11.6 Å². The highest BCUT2D eigenvalue weighted by Gasteiger charge is 2.29. The third kappa shape index (κ3) is 4.59. The minimum atomic E-state index is -0.667. The summed E-state index contributed by atoms with van der Waals surface area (Å²) in [5, 5.41) is 3.46. The van der Waals surface area contributed by atoms with Crippen molar-refractivity contribution in [3.8, 4) is 0 Å². The number of nitrogens with one attached hydrogen (secondary N) is 1. The molecule has 0 radical (unpaired) electrons. The second kappa shape index (κ2) is 8.50. The van der Waals surface area contributed by atoms with Gasteiger partial charge in [0.25, 0.3) is 0 Å². The molecular formula is C19H21ClN2O2. The Morgan fingerprint density at radius 2 is 1.71 bits per heavy atom.